The van der Waals surface area contributed by atoms with E-state index in [1.807, 2.05) is 6.92 Å². The van der Waals surface area contributed by atoms with E-state index in [0.717, 1.165) is 39.1 Å². The molecule has 0 saturated carbocycles. The maximum absolute atomic E-state index is 9.00. The number of halogens is 1. The van der Waals surface area contributed by atoms with Crippen molar-refractivity contribution in [3.63, 3.8) is 0 Å². The second-order valence-corrected chi connectivity index (χ2v) is 4.54. The van der Waals surface area contributed by atoms with Crippen molar-refractivity contribution >= 4 is 11.6 Å². The van der Waals surface area contributed by atoms with Crippen LogP contribution in [0, 0.1) is 11.3 Å². The third-order valence-corrected chi connectivity index (χ3v) is 3.42. The summed E-state index contributed by atoms with van der Waals surface area (Å²) in [7, 11) is 0. The van der Waals surface area contributed by atoms with Crippen LogP contribution in [0.2, 0.25) is 0 Å². The van der Waals surface area contributed by atoms with Crippen LogP contribution in [0.1, 0.15) is 20.3 Å². The quantitative estimate of drug-likeness (QED) is 0.755. The van der Waals surface area contributed by atoms with Gasteiger partial charge in [-0.15, -0.1) is 0 Å². The van der Waals surface area contributed by atoms with E-state index in [-0.39, 0.29) is 6.04 Å². The molecule has 0 N–H and O–H groups in total. The van der Waals surface area contributed by atoms with Gasteiger partial charge < -0.3 is 0 Å². The predicted octanol–water partition coefficient (Wildman–Crippen LogP) is 2.05. The first kappa shape index (κ1) is 13.5. The number of nitriles is 1. The van der Waals surface area contributed by atoms with Crippen LogP contribution in [0.25, 0.3) is 0 Å². The van der Waals surface area contributed by atoms with Gasteiger partial charge in [-0.05, 0) is 18.9 Å². The lowest BCUT2D eigenvalue weighted by atomic mass is 10.1. The van der Waals surface area contributed by atoms with Crippen LogP contribution in [0.5, 0.6) is 0 Å². The average Bonchev–Trinajstić information content (AvgIpc) is 2.32. The lowest BCUT2D eigenvalue weighted by molar-refractivity contribution is 0.119. The maximum atomic E-state index is 9.00. The fraction of sp³-hybridized carbons (Fsp3) is 0.750. The molecule has 1 heterocycles. The van der Waals surface area contributed by atoms with Crippen molar-refractivity contribution in [2.75, 3.05) is 32.7 Å². The summed E-state index contributed by atoms with van der Waals surface area (Å²) in [5.41, 5.74) is 2.85. The van der Waals surface area contributed by atoms with Crippen molar-refractivity contribution in [2.24, 2.45) is 0 Å². The molecular weight excluding hydrogens is 222 g/mol. The molecule has 0 aromatic heterocycles. The highest BCUT2D eigenvalue weighted by atomic mass is 35.5. The highest BCUT2D eigenvalue weighted by molar-refractivity contribution is 6.25. The van der Waals surface area contributed by atoms with Gasteiger partial charge in [0.05, 0.1) is 12.1 Å². The summed E-state index contributed by atoms with van der Waals surface area (Å²) in [4.78, 5) is 4.66. The summed E-state index contributed by atoms with van der Waals surface area (Å²) >= 11 is 5.65. The van der Waals surface area contributed by atoms with Gasteiger partial charge in [-0.25, -0.2) is 0 Å². The van der Waals surface area contributed by atoms with Crippen LogP contribution >= 0.6 is 11.6 Å². The second-order valence-electron chi connectivity index (χ2n) is 4.32. The number of hydrogen-bond acceptors (Lipinski definition) is 3. The molecule has 1 fully saturated rings. The van der Waals surface area contributed by atoms with Gasteiger partial charge in [0.1, 0.15) is 0 Å². The monoisotopic (exact) mass is 241 g/mol. The van der Waals surface area contributed by atoms with Gasteiger partial charge in [0.2, 0.25) is 0 Å². The molecule has 3 nitrogen and oxygen atoms in total. The average molecular weight is 242 g/mol. The van der Waals surface area contributed by atoms with Gasteiger partial charge in [-0.2, -0.15) is 5.26 Å². The van der Waals surface area contributed by atoms with Crippen molar-refractivity contribution in [2.45, 2.75) is 26.3 Å². The first-order valence-electron chi connectivity index (χ1n) is 5.83. The van der Waals surface area contributed by atoms with Gasteiger partial charge in [0, 0.05) is 38.3 Å². The van der Waals surface area contributed by atoms with E-state index >= 15 is 0 Å². The minimum absolute atomic E-state index is 0.0896. The maximum Gasteiger partial charge on any atom is 0.0976 e. The van der Waals surface area contributed by atoms with Gasteiger partial charge in [-0.1, -0.05) is 18.5 Å². The molecule has 1 atom stereocenters. The summed E-state index contributed by atoms with van der Waals surface area (Å²) in [6, 6.07) is 2.45. The van der Waals surface area contributed by atoms with E-state index in [9.17, 15) is 0 Å². The third-order valence-electron chi connectivity index (χ3n) is 3.04. The Morgan fingerprint density at radius 3 is 2.50 bits per heavy atom. The van der Waals surface area contributed by atoms with Crippen molar-refractivity contribution in [3.8, 4) is 6.07 Å². The summed E-state index contributed by atoms with van der Waals surface area (Å²) in [5.74, 6) is 0. The summed E-state index contributed by atoms with van der Waals surface area (Å²) in [6.07, 6.45) is 0.914. The number of nitrogens with zero attached hydrogens (tertiary/aromatic N) is 3. The molecule has 0 radical (unpaired) electrons. The molecule has 90 valence electrons. The molecule has 0 spiro atoms. The number of piperazine rings is 1. The summed E-state index contributed by atoms with van der Waals surface area (Å²) in [5, 5.41) is 9.00. The van der Waals surface area contributed by atoms with Gasteiger partial charge in [0.25, 0.3) is 0 Å². The van der Waals surface area contributed by atoms with E-state index < -0.39 is 0 Å². The predicted molar refractivity (Wildman–Crippen MR) is 67.3 cm³/mol. The smallest absolute Gasteiger partial charge is 0.0976 e. The molecule has 1 saturated heterocycles. The zero-order chi connectivity index (χ0) is 12.0. The summed E-state index contributed by atoms with van der Waals surface area (Å²) in [6.45, 7) is 9.09. The van der Waals surface area contributed by atoms with Crippen molar-refractivity contribution in [1.82, 2.24) is 9.80 Å². The van der Waals surface area contributed by atoms with Gasteiger partial charge in [-0.3, -0.25) is 9.80 Å². The van der Waals surface area contributed by atoms with E-state index in [4.69, 9.17) is 16.9 Å². The Balaban J connectivity index is 2.37. The molecule has 0 bridgehead atoms. The van der Waals surface area contributed by atoms with Crippen LogP contribution < -0.4 is 0 Å². The normalized spacial score (nSPS) is 21.8. The molecule has 1 unspecified atom stereocenters. The second kappa shape index (κ2) is 6.90. The molecule has 4 heteroatoms. The standard InChI is InChI=1S/C12H20ClN3/c1-3-12(9-14)16-6-4-15(5-7-16)10-11(2)8-13/h8,12H,3-7,10H2,1-2H3. The Bertz CT molecular complexity index is 274. The minimum atomic E-state index is 0.0896. The Kier molecular flexibility index (Phi) is 5.83. The molecular formula is C12H20ClN3. The molecule has 16 heavy (non-hydrogen) atoms. The van der Waals surface area contributed by atoms with Crippen LogP contribution in [0.4, 0.5) is 0 Å². The zero-order valence-corrected chi connectivity index (χ0v) is 10.9. The number of rotatable bonds is 4. The van der Waals surface area contributed by atoms with Gasteiger partial charge >= 0.3 is 0 Å². The Morgan fingerprint density at radius 2 is 2.06 bits per heavy atom. The third kappa shape index (κ3) is 3.79. The highest BCUT2D eigenvalue weighted by Crippen LogP contribution is 2.10. The fourth-order valence-corrected chi connectivity index (χ4v) is 2.12. The molecule has 0 aliphatic carbocycles. The lowest BCUT2D eigenvalue weighted by Gasteiger charge is -2.36. The molecule has 1 aliphatic rings. The molecule has 0 aromatic rings. The molecule has 0 aromatic carbocycles. The Hall–Kier alpha value is -0.560. The van der Waals surface area contributed by atoms with Crippen LogP contribution in [0.3, 0.4) is 0 Å². The molecule has 0 amide bonds. The van der Waals surface area contributed by atoms with Crippen LogP contribution in [-0.2, 0) is 0 Å². The van der Waals surface area contributed by atoms with Crippen molar-refractivity contribution in [3.05, 3.63) is 11.1 Å². The zero-order valence-electron chi connectivity index (χ0n) is 10.1. The Morgan fingerprint density at radius 1 is 1.44 bits per heavy atom. The molecule has 1 rings (SSSR count). The van der Waals surface area contributed by atoms with E-state index in [1.165, 1.54) is 5.57 Å². The molecule has 1 aliphatic heterocycles. The lowest BCUT2D eigenvalue weighted by Crippen LogP contribution is -2.50. The first-order chi connectivity index (χ1) is 7.71. The first-order valence-corrected chi connectivity index (χ1v) is 6.26. The highest BCUT2D eigenvalue weighted by Gasteiger charge is 2.22. The SMILES string of the molecule is CCC(C#N)N1CCN(CC(C)=CCl)CC1. The van der Waals surface area contributed by atoms with E-state index in [0.29, 0.717) is 0 Å². The summed E-state index contributed by atoms with van der Waals surface area (Å²) < 4.78 is 0. The van der Waals surface area contributed by atoms with Crippen LogP contribution in [0.15, 0.2) is 11.1 Å². The topological polar surface area (TPSA) is 30.3 Å². The Labute approximate surface area is 103 Å². The van der Waals surface area contributed by atoms with E-state index in [2.05, 4.69) is 22.8 Å². The van der Waals surface area contributed by atoms with E-state index in [1.54, 1.807) is 5.54 Å². The van der Waals surface area contributed by atoms with Crippen LogP contribution in [-0.4, -0.2) is 48.6 Å². The van der Waals surface area contributed by atoms with Gasteiger partial charge in [0.15, 0.2) is 0 Å². The minimum Gasteiger partial charge on any atom is -0.297 e. The number of hydrogen-bond donors (Lipinski definition) is 0. The largest absolute Gasteiger partial charge is 0.297 e. The van der Waals surface area contributed by atoms with Crippen molar-refractivity contribution in [1.29, 1.82) is 5.26 Å². The fourth-order valence-electron chi connectivity index (χ4n) is 2.05. The van der Waals surface area contributed by atoms with Crippen molar-refractivity contribution < 1.29 is 0 Å².